The zero-order chi connectivity index (χ0) is 17.5. The lowest BCUT2D eigenvalue weighted by Crippen LogP contribution is -2.18. The first-order valence-corrected chi connectivity index (χ1v) is 7.22. The van der Waals surface area contributed by atoms with Crippen LogP contribution < -0.4 is 19.6 Å². The monoisotopic (exact) mass is 349 g/mol. The van der Waals surface area contributed by atoms with E-state index in [4.69, 9.17) is 25.8 Å². The molecule has 0 saturated carbocycles. The van der Waals surface area contributed by atoms with E-state index in [0.29, 0.717) is 22.8 Å². The van der Waals surface area contributed by atoms with E-state index in [1.807, 2.05) is 0 Å². The van der Waals surface area contributed by atoms with Crippen molar-refractivity contribution in [3.05, 3.63) is 46.7 Å². The number of methoxy groups -OCH3 is 3. The number of hydrogen-bond donors (Lipinski definition) is 1. The molecule has 0 unspecified atom stereocenters. The lowest BCUT2D eigenvalue weighted by molar-refractivity contribution is 0.0955. The summed E-state index contributed by atoms with van der Waals surface area (Å²) < 4.78 is 15.7. The van der Waals surface area contributed by atoms with Crippen molar-refractivity contribution in [3.8, 4) is 17.2 Å². The Morgan fingerprint density at radius 2 is 1.88 bits per heavy atom. The number of nitrogens with zero attached hydrogens (tertiary/aromatic N) is 2. The topological polar surface area (TPSA) is 82.0 Å². The maximum Gasteiger partial charge on any atom is 0.274 e. The summed E-state index contributed by atoms with van der Waals surface area (Å²) in [5.41, 5.74) is 3.28. The molecule has 0 radical (unpaired) electrons. The van der Waals surface area contributed by atoms with Gasteiger partial charge in [-0.2, -0.15) is 5.10 Å². The van der Waals surface area contributed by atoms with Crippen LogP contribution in [0.1, 0.15) is 15.9 Å². The number of aromatic nitrogens is 1. The average Bonchev–Trinajstić information content (AvgIpc) is 2.60. The van der Waals surface area contributed by atoms with Gasteiger partial charge in [-0.3, -0.25) is 4.79 Å². The molecule has 0 bridgehead atoms. The van der Waals surface area contributed by atoms with Crippen LogP contribution in [0.2, 0.25) is 5.15 Å². The molecule has 0 fully saturated rings. The third kappa shape index (κ3) is 3.94. The highest BCUT2D eigenvalue weighted by molar-refractivity contribution is 6.32. The van der Waals surface area contributed by atoms with Crippen LogP contribution in [0, 0.1) is 0 Å². The van der Waals surface area contributed by atoms with E-state index in [-0.39, 0.29) is 10.7 Å². The minimum absolute atomic E-state index is 0.109. The maximum absolute atomic E-state index is 12.0. The first-order chi connectivity index (χ1) is 11.6. The smallest absolute Gasteiger partial charge is 0.274 e. The van der Waals surface area contributed by atoms with Gasteiger partial charge in [0.05, 0.1) is 33.1 Å². The highest BCUT2D eigenvalue weighted by Gasteiger charge is 2.13. The largest absolute Gasteiger partial charge is 0.493 e. The van der Waals surface area contributed by atoms with E-state index in [0.717, 1.165) is 0 Å². The second kappa shape index (κ2) is 8.16. The summed E-state index contributed by atoms with van der Waals surface area (Å²) in [6.45, 7) is 0. The van der Waals surface area contributed by atoms with Crippen molar-refractivity contribution < 1.29 is 19.0 Å². The second-order valence-electron chi connectivity index (χ2n) is 4.50. The van der Waals surface area contributed by atoms with Crippen LogP contribution in [0.3, 0.4) is 0 Å². The maximum atomic E-state index is 12.0. The number of carbonyl (C=O) groups excluding carboxylic acids is 1. The molecule has 0 aliphatic rings. The van der Waals surface area contributed by atoms with E-state index in [9.17, 15) is 4.79 Å². The van der Waals surface area contributed by atoms with Crippen LogP contribution in [0.25, 0.3) is 0 Å². The zero-order valence-corrected chi connectivity index (χ0v) is 14.1. The molecule has 1 N–H and O–H groups in total. The molecule has 1 aromatic carbocycles. The number of ether oxygens (including phenoxy) is 3. The van der Waals surface area contributed by atoms with Crippen LogP contribution >= 0.6 is 11.6 Å². The minimum Gasteiger partial charge on any atom is -0.493 e. The molecule has 1 aromatic heterocycles. The summed E-state index contributed by atoms with van der Waals surface area (Å²) in [6, 6.07) is 6.57. The molecule has 0 saturated heterocycles. The van der Waals surface area contributed by atoms with Gasteiger partial charge in [-0.15, -0.1) is 0 Å². The van der Waals surface area contributed by atoms with Crippen molar-refractivity contribution in [1.29, 1.82) is 0 Å². The molecule has 24 heavy (non-hydrogen) atoms. The number of carbonyl (C=O) groups is 1. The first-order valence-electron chi connectivity index (χ1n) is 6.84. The van der Waals surface area contributed by atoms with E-state index >= 15 is 0 Å². The fraction of sp³-hybridized carbons (Fsp3) is 0.188. The Kier molecular flexibility index (Phi) is 5.97. The van der Waals surface area contributed by atoms with E-state index < -0.39 is 5.91 Å². The molecule has 0 aliphatic heterocycles. The van der Waals surface area contributed by atoms with Gasteiger partial charge in [-0.25, -0.2) is 10.4 Å². The zero-order valence-electron chi connectivity index (χ0n) is 13.4. The summed E-state index contributed by atoms with van der Waals surface area (Å²) in [5, 5.41) is 4.01. The lowest BCUT2D eigenvalue weighted by Gasteiger charge is -2.12. The molecular weight excluding hydrogens is 334 g/mol. The molecule has 126 valence electrons. The SMILES string of the molecule is COc1cc(C=NNC(=O)c2cccnc2Cl)cc(OC)c1OC. The van der Waals surface area contributed by atoms with Gasteiger partial charge in [-0.1, -0.05) is 11.6 Å². The summed E-state index contributed by atoms with van der Waals surface area (Å²) in [7, 11) is 4.56. The lowest BCUT2D eigenvalue weighted by atomic mass is 10.2. The number of halogens is 1. The number of rotatable bonds is 6. The van der Waals surface area contributed by atoms with Crippen molar-refractivity contribution in [2.75, 3.05) is 21.3 Å². The van der Waals surface area contributed by atoms with Crippen molar-refractivity contribution in [2.45, 2.75) is 0 Å². The fourth-order valence-corrected chi connectivity index (χ4v) is 2.16. The van der Waals surface area contributed by atoms with Crippen molar-refractivity contribution in [3.63, 3.8) is 0 Å². The number of benzene rings is 1. The number of amides is 1. The van der Waals surface area contributed by atoms with Gasteiger partial charge in [0.25, 0.3) is 5.91 Å². The molecule has 1 amide bonds. The van der Waals surface area contributed by atoms with Crippen LogP contribution in [-0.4, -0.2) is 38.4 Å². The predicted octanol–water partition coefficient (Wildman–Crippen LogP) is 2.52. The molecule has 0 aliphatic carbocycles. The molecule has 8 heteroatoms. The number of hydrogen-bond acceptors (Lipinski definition) is 6. The summed E-state index contributed by atoms with van der Waals surface area (Å²) in [6.07, 6.45) is 2.95. The van der Waals surface area contributed by atoms with Crippen LogP contribution in [0.5, 0.6) is 17.2 Å². The summed E-state index contributed by atoms with van der Waals surface area (Å²) in [5.74, 6) is 0.986. The van der Waals surface area contributed by atoms with Crippen LogP contribution in [0.15, 0.2) is 35.6 Å². The quantitative estimate of drug-likeness (QED) is 0.492. The standard InChI is InChI=1S/C16H16ClN3O4/c1-22-12-7-10(8-13(23-2)14(12)24-3)9-19-20-16(21)11-5-4-6-18-15(11)17/h4-9H,1-3H3,(H,20,21). The highest BCUT2D eigenvalue weighted by atomic mass is 35.5. The van der Waals surface area contributed by atoms with E-state index in [1.54, 1.807) is 24.3 Å². The molecule has 0 atom stereocenters. The predicted molar refractivity (Wildman–Crippen MR) is 90.4 cm³/mol. The van der Waals surface area contributed by atoms with Crippen molar-refractivity contribution in [2.24, 2.45) is 5.10 Å². The summed E-state index contributed by atoms with van der Waals surface area (Å²) >= 11 is 5.86. The van der Waals surface area contributed by atoms with E-state index in [2.05, 4.69) is 15.5 Å². The van der Waals surface area contributed by atoms with Gasteiger partial charge >= 0.3 is 0 Å². The van der Waals surface area contributed by atoms with Gasteiger partial charge in [0, 0.05) is 11.8 Å². The van der Waals surface area contributed by atoms with Gasteiger partial charge in [-0.05, 0) is 24.3 Å². The average molecular weight is 350 g/mol. The third-order valence-corrected chi connectivity index (χ3v) is 3.37. The Labute approximate surface area is 144 Å². The minimum atomic E-state index is -0.461. The molecule has 1 heterocycles. The van der Waals surface area contributed by atoms with Crippen molar-refractivity contribution >= 4 is 23.7 Å². The molecule has 2 rings (SSSR count). The molecule has 0 spiro atoms. The molecular formula is C16H16ClN3O4. The van der Waals surface area contributed by atoms with Gasteiger partial charge < -0.3 is 14.2 Å². The van der Waals surface area contributed by atoms with Gasteiger partial charge in [0.2, 0.25) is 5.75 Å². The fourth-order valence-electron chi connectivity index (χ4n) is 1.96. The van der Waals surface area contributed by atoms with Gasteiger partial charge in [0.1, 0.15) is 5.15 Å². The van der Waals surface area contributed by atoms with E-state index in [1.165, 1.54) is 33.7 Å². The Hall–Kier alpha value is -2.80. The number of hydrazone groups is 1. The van der Waals surface area contributed by atoms with Crippen molar-refractivity contribution in [1.82, 2.24) is 10.4 Å². The van der Waals surface area contributed by atoms with Gasteiger partial charge in [0.15, 0.2) is 11.5 Å². The second-order valence-corrected chi connectivity index (χ2v) is 4.86. The highest BCUT2D eigenvalue weighted by Crippen LogP contribution is 2.37. The van der Waals surface area contributed by atoms with Crippen LogP contribution in [-0.2, 0) is 0 Å². The Balaban J connectivity index is 2.17. The Morgan fingerprint density at radius 3 is 2.42 bits per heavy atom. The first kappa shape index (κ1) is 17.6. The Bertz CT molecular complexity index is 740. The van der Waals surface area contributed by atoms with Crippen LogP contribution in [0.4, 0.5) is 0 Å². The third-order valence-electron chi connectivity index (χ3n) is 3.07. The summed E-state index contributed by atoms with van der Waals surface area (Å²) in [4.78, 5) is 15.8. The molecule has 2 aromatic rings. The Morgan fingerprint density at radius 1 is 1.21 bits per heavy atom. The normalized spacial score (nSPS) is 10.5. The number of pyridine rings is 1. The molecule has 7 nitrogen and oxygen atoms in total. The number of nitrogens with one attached hydrogen (secondary N) is 1.